The molecule has 0 unspecified atom stereocenters. The van der Waals surface area contributed by atoms with Crippen LogP contribution in [0.1, 0.15) is 58.4 Å². The number of hydrogen-bond acceptors (Lipinski definition) is 3. The van der Waals surface area contributed by atoms with Crippen molar-refractivity contribution < 1.29 is 9.53 Å². The maximum atomic E-state index is 12.4. The molecule has 0 N–H and O–H groups in total. The van der Waals surface area contributed by atoms with Gasteiger partial charge >= 0.3 is 6.09 Å². The van der Waals surface area contributed by atoms with Gasteiger partial charge in [-0.3, -0.25) is 4.79 Å². The van der Waals surface area contributed by atoms with Crippen LogP contribution in [-0.2, 0) is 23.2 Å². The number of aromatic nitrogens is 1. The minimum absolute atomic E-state index is 0.0273. The van der Waals surface area contributed by atoms with Crippen LogP contribution < -0.4 is 5.56 Å². The Kier molecular flexibility index (Phi) is 4.35. The highest BCUT2D eigenvalue weighted by atomic mass is 16.6. The molecule has 1 amide bonds. The van der Waals surface area contributed by atoms with Gasteiger partial charge in [0.15, 0.2) is 0 Å². The third-order valence-electron chi connectivity index (χ3n) is 3.94. The van der Waals surface area contributed by atoms with Crippen molar-refractivity contribution in [2.75, 3.05) is 6.54 Å². The summed E-state index contributed by atoms with van der Waals surface area (Å²) in [4.78, 5) is 26.5. The van der Waals surface area contributed by atoms with Crippen LogP contribution in [0.15, 0.2) is 10.9 Å². The van der Waals surface area contributed by atoms with Crippen LogP contribution in [0.4, 0.5) is 4.79 Å². The highest BCUT2D eigenvalue weighted by molar-refractivity contribution is 5.68. The summed E-state index contributed by atoms with van der Waals surface area (Å²) in [5.41, 5.74) is 2.30. The van der Waals surface area contributed by atoms with E-state index in [1.54, 1.807) is 11.0 Å². The monoisotopic (exact) mass is 320 g/mol. The molecule has 2 heterocycles. The molecule has 0 spiro atoms. The van der Waals surface area contributed by atoms with E-state index in [4.69, 9.17) is 4.74 Å². The summed E-state index contributed by atoms with van der Waals surface area (Å²) in [6.07, 6.45) is 0.374. The summed E-state index contributed by atoms with van der Waals surface area (Å²) in [6.45, 7) is 14.7. The first kappa shape index (κ1) is 17.6. The molecule has 5 heteroatoms. The summed E-state index contributed by atoms with van der Waals surface area (Å²) < 4.78 is 7.33. The molecular formula is C18H28N2O3. The lowest BCUT2D eigenvalue weighted by Gasteiger charge is -2.35. The molecule has 1 aromatic rings. The molecule has 128 valence electrons. The maximum absolute atomic E-state index is 12.4. The standard InChI is InChI=1S/C18H28N2O3/c1-12-10-15(21)20(17(2,3)4)14-8-9-19(11-13(12)14)16(22)23-18(5,6)7/h10H,8-9,11H2,1-7H3. The molecule has 0 atom stereocenters. The predicted molar refractivity (Wildman–Crippen MR) is 90.8 cm³/mol. The summed E-state index contributed by atoms with van der Waals surface area (Å²) >= 11 is 0. The summed E-state index contributed by atoms with van der Waals surface area (Å²) in [5, 5.41) is 0. The number of aryl methyl sites for hydroxylation is 1. The van der Waals surface area contributed by atoms with Crippen molar-refractivity contribution in [2.45, 2.75) is 72.6 Å². The third-order valence-corrected chi connectivity index (χ3v) is 3.94. The Morgan fingerprint density at radius 2 is 1.78 bits per heavy atom. The third kappa shape index (κ3) is 3.77. The average Bonchev–Trinajstić information content (AvgIpc) is 2.34. The summed E-state index contributed by atoms with van der Waals surface area (Å²) in [7, 11) is 0. The molecule has 5 nitrogen and oxygen atoms in total. The van der Waals surface area contributed by atoms with Crippen molar-refractivity contribution in [1.29, 1.82) is 0 Å². The van der Waals surface area contributed by atoms with Crippen molar-refractivity contribution in [3.05, 3.63) is 33.2 Å². The van der Waals surface area contributed by atoms with Gasteiger partial charge in [0.1, 0.15) is 5.60 Å². The SMILES string of the molecule is Cc1cc(=O)n(C(C)(C)C)c2c1CN(C(=O)OC(C)(C)C)CC2. The van der Waals surface area contributed by atoms with E-state index in [2.05, 4.69) is 0 Å². The first-order chi connectivity index (χ1) is 10.4. The molecule has 0 fully saturated rings. The van der Waals surface area contributed by atoms with Crippen molar-refractivity contribution in [1.82, 2.24) is 9.47 Å². The van der Waals surface area contributed by atoms with E-state index in [1.165, 1.54) is 0 Å². The number of fused-ring (bicyclic) bond motifs is 1. The molecule has 2 rings (SSSR count). The number of amides is 1. The zero-order valence-electron chi connectivity index (χ0n) is 15.3. The van der Waals surface area contributed by atoms with E-state index < -0.39 is 5.60 Å². The molecule has 0 bridgehead atoms. The topological polar surface area (TPSA) is 51.5 Å². The van der Waals surface area contributed by atoms with Crippen LogP contribution >= 0.6 is 0 Å². The zero-order valence-corrected chi connectivity index (χ0v) is 15.3. The van der Waals surface area contributed by atoms with E-state index in [9.17, 15) is 9.59 Å². The fraction of sp³-hybridized carbons (Fsp3) is 0.667. The highest BCUT2D eigenvalue weighted by Crippen LogP contribution is 2.26. The molecule has 1 aromatic heterocycles. The molecule has 1 aliphatic heterocycles. The zero-order chi connectivity index (χ0) is 17.6. The van der Waals surface area contributed by atoms with Crippen molar-refractivity contribution in [3.8, 4) is 0 Å². The lowest BCUT2D eigenvalue weighted by atomic mass is 9.97. The molecular weight excluding hydrogens is 292 g/mol. The predicted octanol–water partition coefficient (Wildman–Crippen LogP) is 3.20. The second-order valence-corrected chi connectivity index (χ2v) is 8.25. The van der Waals surface area contributed by atoms with Crippen LogP contribution in [-0.4, -0.2) is 27.7 Å². The van der Waals surface area contributed by atoms with Crippen LogP contribution in [0, 0.1) is 6.92 Å². The Hall–Kier alpha value is -1.78. The lowest BCUT2D eigenvalue weighted by Crippen LogP contribution is -2.44. The number of carbonyl (C=O) groups excluding carboxylic acids is 1. The Bertz CT molecular complexity index is 675. The molecule has 1 aliphatic rings. The lowest BCUT2D eigenvalue weighted by molar-refractivity contribution is 0.0220. The van der Waals surface area contributed by atoms with Crippen LogP contribution in [0.5, 0.6) is 0 Å². The molecule has 0 aliphatic carbocycles. The van der Waals surface area contributed by atoms with Crippen LogP contribution in [0.25, 0.3) is 0 Å². The van der Waals surface area contributed by atoms with Gasteiger partial charge in [0, 0.05) is 30.3 Å². The van der Waals surface area contributed by atoms with Crippen LogP contribution in [0.2, 0.25) is 0 Å². The van der Waals surface area contributed by atoms with Crippen molar-refractivity contribution in [2.24, 2.45) is 0 Å². The number of ether oxygens (including phenoxy) is 1. The molecule has 0 saturated heterocycles. The van der Waals surface area contributed by atoms with Gasteiger partial charge in [0.25, 0.3) is 5.56 Å². The van der Waals surface area contributed by atoms with E-state index >= 15 is 0 Å². The quantitative estimate of drug-likeness (QED) is 0.737. The maximum Gasteiger partial charge on any atom is 0.410 e. The van der Waals surface area contributed by atoms with E-state index in [1.807, 2.05) is 53.0 Å². The fourth-order valence-corrected chi connectivity index (χ4v) is 3.04. The first-order valence-corrected chi connectivity index (χ1v) is 8.13. The Balaban J connectivity index is 2.39. The Labute approximate surface area is 138 Å². The molecule has 0 aromatic carbocycles. The van der Waals surface area contributed by atoms with E-state index in [0.717, 1.165) is 16.8 Å². The first-order valence-electron chi connectivity index (χ1n) is 8.13. The van der Waals surface area contributed by atoms with E-state index in [-0.39, 0.29) is 17.2 Å². The second kappa shape index (κ2) is 5.69. The average molecular weight is 320 g/mol. The minimum atomic E-state index is -0.503. The van der Waals surface area contributed by atoms with Gasteiger partial charge in [-0.15, -0.1) is 0 Å². The highest BCUT2D eigenvalue weighted by Gasteiger charge is 2.30. The van der Waals surface area contributed by atoms with Crippen molar-refractivity contribution >= 4 is 6.09 Å². The van der Waals surface area contributed by atoms with Gasteiger partial charge in [-0.25, -0.2) is 4.79 Å². The number of pyridine rings is 1. The Morgan fingerprint density at radius 1 is 1.17 bits per heavy atom. The van der Waals surface area contributed by atoms with Gasteiger partial charge < -0.3 is 14.2 Å². The van der Waals surface area contributed by atoms with E-state index in [0.29, 0.717) is 19.5 Å². The normalized spacial score (nSPS) is 15.3. The smallest absolute Gasteiger partial charge is 0.410 e. The van der Waals surface area contributed by atoms with Gasteiger partial charge in [-0.05, 0) is 59.6 Å². The number of carbonyl (C=O) groups is 1. The number of hydrogen-bond donors (Lipinski definition) is 0. The van der Waals surface area contributed by atoms with Gasteiger partial charge in [-0.2, -0.15) is 0 Å². The summed E-state index contributed by atoms with van der Waals surface area (Å²) in [5.74, 6) is 0. The largest absolute Gasteiger partial charge is 0.444 e. The molecule has 0 saturated carbocycles. The Morgan fingerprint density at radius 3 is 2.30 bits per heavy atom. The second-order valence-electron chi connectivity index (χ2n) is 8.25. The van der Waals surface area contributed by atoms with Gasteiger partial charge in [-0.1, -0.05) is 0 Å². The summed E-state index contributed by atoms with van der Waals surface area (Å²) in [6, 6.07) is 1.67. The number of nitrogens with zero attached hydrogens (tertiary/aromatic N) is 2. The molecule has 0 radical (unpaired) electrons. The number of rotatable bonds is 0. The van der Waals surface area contributed by atoms with Gasteiger partial charge in [0.05, 0.1) is 6.54 Å². The molecule has 23 heavy (non-hydrogen) atoms. The fourth-order valence-electron chi connectivity index (χ4n) is 3.04. The van der Waals surface area contributed by atoms with Crippen molar-refractivity contribution in [3.63, 3.8) is 0 Å². The minimum Gasteiger partial charge on any atom is -0.444 e. The van der Waals surface area contributed by atoms with Crippen LogP contribution in [0.3, 0.4) is 0 Å². The van der Waals surface area contributed by atoms with Gasteiger partial charge in [0.2, 0.25) is 0 Å².